The Morgan fingerprint density at radius 2 is 1.90 bits per heavy atom. The topological polar surface area (TPSA) is 90.9 Å². The second-order valence-electron chi connectivity index (χ2n) is 4.08. The Labute approximate surface area is 112 Å². The van der Waals surface area contributed by atoms with Crippen LogP contribution in [0.2, 0.25) is 0 Å². The maximum atomic E-state index is 12.3. The molecule has 0 aliphatic heterocycles. The SMILES string of the molecule is O=c1c2ccccc2cnn1-c1ccc([N+](=O)[O-])cn1. The molecule has 1 aromatic carbocycles. The van der Waals surface area contributed by atoms with Gasteiger partial charge in [-0.1, -0.05) is 18.2 Å². The summed E-state index contributed by atoms with van der Waals surface area (Å²) in [4.78, 5) is 26.2. The Hall–Kier alpha value is -3.09. The van der Waals surface area contributed by atoms with Gasteiger partial charge in [0.25, 0.3) is 11.2 Å². The molecule has 0 unspecified atom stereocenters. The zero-order valence-electron chi connectivity index (χ0n) is 10.1. The molecular weight excluding hydrogens is 260 g/mol. The van der Waals surface area contributed by atoms with Crippen LogP contribution in [0, 0.1) is 10.1 Å². The van der Waals surface area contributed by atoms with Crippen LogP contribution in [0.5, 0.6) is 0 Å². The van der Waals surface area contributed by atoms with Crippen molar-refractivity contribution in [3.8, 4) is 5.82 Å². The lowest BCUT2D eigenvalue weighted by Crippen LogP contribution is -2.21. The summed E-state index contributed by atoms with van der Waals surface area (Å²) in [5.41, 5.74) is -0.452. The van der Waals surface area contributed by atoms with Gasteiger partial charge < -0.3 is 0 Å². The van der Waals surface area contributed by atoms with Crippen molar-refractivity contribution in [1.82, 2.24) is 14.8 Å². The van der Waals surface area contributed by atoms with E-state index >= 15 is 0 Å². The molecule has 0 atom stereocenters. The zero-order valence-corrected chi connectivity index (χ0v) is 10.1. The molecule has 0 saturated heterocycles. The van der Waals surface area contributed by atoms with Gasteiger partial charge in [0.1, 0.15) is 6.20 Å². The lowest BCUT2D eigenvalue weighted by Gasteiger charge is -2.04. The van der Waals surface area contributed by atoms with Crippen LogP contribution in [0.25, 0.3) is 16.6 Å². The number of hydrogen-bond donors (Lipinski definition) is 0. The van der Waals surface area contributed by atoms with Gasteiger partial charge in [-0.05, 0) is 12.1 Å². The highest BCUT2D eigenvalue weighted by atomic mass is 16.6. The largest absolute Gasteiger partial charge is 0.287 e. The van der Waals surface area contributed by atoms with Crippen LogP contribution in [0.15, 0.2) is 53.6 Å². The van der Waals surface area contributed by atoms with Crippen LogP contribution >= 0.6 is 0 Å². The van der Waals surface area contributed by atoms with E-state index in [1.165, 1.54) is 12.1 Å². The lowest BCUT2D eigenvalue weighted by atomic mass is 10.2. The predicted molar refractivity (Wildman–Crippen MR) is 71.8 cm³/mol. The molecule has 2 heterocycles. The first-order chi connectivity index (χ1) is 9.66. The van der Waals surface area contributed by atoms with E-state index in [-0.39, 0.29) is 17.1 Å². The maximum Gasteiger partial charge on any atom is 0.287 e. The van der Waals surface area contributed by atoms with Gasteiger partial charge in [0.2, 0.25) is 0 Å². The van der Waals surface area contributed by atoms with Gasteiger partial charge >= 0.3 is 0 Å². The van der Waals surface area contributed by atoms with Crippen molar-refractivity contribution in [3.63, 3.8) is 0 Å². The first-order valence-corrected chi connectivity index (χ1v) is 5.75. The van der Waals surface area contributed by atoms with Gasteiger partial charge in [-0.25, -0.2) is 4.98 Å². The number of benzene rings is 1. The van der Waals surface area contributed by atoms with E-state index < -0.39 is 4.92 Å². The molecule has 20 heavy (non-hydrogen) atoms. The molecule has 0 bridgehead atoms. The number of nitrogens with zero attached hydrogens (tertiary/aromatic N) is 4. The summed E-state index contributed by atoms with van der Waals surface area (Å²) in [5.74, 6) is 0.242. The zero-order chi connectivity index (χ0) is 14.1. The fourth-order valence-electron chi connectivity index (χ4n) is 1.87. The number of nitro groups is 1. The Balaban J connectivity index is 2.17. The second kappa shape index (κ2) is 4.54. The molecule has 0 radical (unpaired) electrons. The summed E-state index contributed by atoms with van der Waals surface area (Å²) >= 11 is 0. The molecule has 0 saturated carbocycles. The minimum Gasteiger partial charge on any atom is -0.267 e. The van der Waals surface area contributed by atoms with Gasteiger partial charge in [0.15, 0.2) is 5.82 Å². The Morgan fingerprint density at radius 1 is 1.10 bits per heavy atom. The van der Waals surface area contributed by atoms with Crippen LogP contribution in [0.3, 0.4) is 0 Å². The van der Waals surface area contributed by atoms with E-state index in [1.54, 1.807) is 24.4 Å². The minimum atomic E-state index is -0.548. The molecule has 7 nitrogen and oxygen atoms in total. The standard InChI is InChI=1S/C13H8N4O3/c18-13-11-4-2-1-3-9(11)7-15-16(13)12-6-5-10(8-14-12)17(19)20/h1-8H. The van der Waals surface area contributed by atoms with Gasteiger partial charge in [0.05, 0.1) is 16.5 Å². The fourth-order valence-corrected chi connectivity index (χ4v) is 1.87. The van der Waals surface area contributed by atoms with E-state index in [9.17, 15) is 14.9 Å². The van der Waals surface area contributed by atoms with Crippen LogP contribution < -0.4 is 5.56 Å². The van der Waals surface area contributed by atoms with Crippen LogP contribution in [0.1, 0.15) is 0 Å². The Bertz CT molecular complexity index is 855. The number of pyridine rings is 1. The summed E-state index contributed by atoms with van der Waals surface area (Å²) < 4.78 is 1.12. The number of hydrogen-bond acceptors (Lipinski definition) is 5. The number of rotatable bonds is 2. The third-order valence-electron chi connectivity index (χ3n) is 2.86. The number of aromatic nitrogens is 3. The highest BCUT2D eigenvalue weighted by molar-refractivity contribution is 5.80. The van der Waals surface area contributed by atoms with Crippen molar-refractivity contribution in [1.29, 1.82) is 0 Å². The van der Waals surface area contributed by atoms with E-state index in [4.69, 9.17) is 0 Å². The van der Waals surface area contributed by atoms with Crippen LogP contribution in [-0.4, -0.2) is 19.7 Å². The predicted octanol–water partition coefficient (Wildman–Crippen LogP) is 1.69. The third kappa shape index (κ3) is 1.91. The van der Waals surface area contributed by atoms with Crippen molar-refractivity contribution >= 4 is 16.5 Å². The van der Waals surface area contributed by atoms with Gasteiger partial charge in [0, 0.05) is 11.5 Å². The summed E-state index contributed by atoms with van der Waals surface area (Å²) in [5, 5.41) is 15.8. The quantitative estimate of drug-likeness (QED) is 0.521. The minimum absolute atomic E-state index is 0.136. The van der Waals surface area contributed by atoms with E-state index in [1.807, 2.05) is 6.07 Å². The van der Waals surface area contributed by atoms with Crippen molar-refractivity contribution in [2.45, 2.75) is 0 Å². The molecule has 2 aromatic heterocycles. The molecule has 3 aromatic rings. The molecule has 0 spiro atoms. The van der Waals surface area contributed by atoms with Crippen molar-refractivity contribution in [3.05, 3.63) is 69.3 Å². The van der Waals surface area contributed by atoms with Crippen molar-refractivity contribution < 1.29 is 4.92 Å². The van der Waals surface area contributed by atoms with Crippen molar-refractivity contribution in [2.75, 3.05) is 0 Å². The molecule has 0 N–H and O–H groups in total. The second-order valence-corrected chi connectivity index (χ2v) is 4.08. The molecule has 0 aliphatic rings. The molecular formula is C13H8N4O3. The maximum absolute atomic E-state index is 12.3. The average molecular weight is 268 g/mol. The van der Waals surface area contributed by atoms with Gasteiger partial charge in [-0.2, -0.15) is 9.78 Å². The molecule has 98 valence electrons. The normalized spacial score (nSPS) is 10.6. The molecule has 0 fully saturated rings. The fraction of sp³-hybridized carbons (Fsp3) is 0. The van der Waals surface area contributed by atoms with Crippen LogP contribution in [0.4, 0.5) is 5.69 Å². The smallest absolute Gasteiger partial charge is 0.267 e. The summed E-state index contributed by atoms with van der Waals surface area (Å²) in [6, 6.07) is 9.74. The molecule has 0 aliphatic carbocycles. The van der Waals surface area contributed by atoms with Crippen LogP contribution in [-0.2, 0) is 0 Å². The molecule has 7 heteroatoms. The van der Waals surface area contributed by atoms with Gasteiger partial charge in [-0.15, -0.1) is 0 Å². The Morgan fingerprint density at radius 3 is 2.60 bits per heavy atom. The molecule has 0 amide bonds. The monoisotopic (exact) mass is 268 g/mol. The highest BCUT2D eigenvalue weighted by Gasteiger charge is 2.09. The summed E-state index contributed by atoms with van der Waals surface area (Å²) in [7, 11) is 0. The average Bonchev–Trinajstić information content (AvgIpc) is 2.48. The Kier molecular flexibility index (Phi) is 2.72. The third-order valence-corrected chi connectivity index (χ3v) is 2.86. The van der Waals surface area contributed by atoms with E-state index in [2.05, 4.69) is 10.1 Å². The highest BCUT2D eigenvalue weighted by Crippen LogP contribution is 2.12. The lowest BCUT2D eigenvalue weighted by molar-refractivity contribution is -0.385. The first-order valence-electron chi connectivity index (χ1n) is 5.75. The van der Waals surface area contributed by atoms with E-state index in [0.29, 0.717) is 5.39 Å². The first kappa shape index (κ1) is 12.0. The summed E-state index contributed by atoms with van der Waals surface area (Å²) in [6.07, 6.45) is 2.65. The van der Waals surface area contributed by atoms with E-state index in [0.717, 1.165) is 16.3 Å². The molecule has 3 rings (SSSR count). The summed E-state index contributed by atoms with van der Waals surface area (Å²) in [6.45, 7) is 0. The van der Waals surface area contributed by atoms with Gasteiger partial charge in [-0.3, -0.25) is 14.9 Å². The number of fused-ring (bicyclic) bond motifs is 1. The van der Waals surface area contributed by atoms with Crippen molar-refractivity contribution in [2.24, 2.45) is 0 Å².